The molecule has 2 heterocycles. The van der Waals surface area contributed by atoms with Gasteiger partial charge in [-0.25, -0.2) is 4.79 Å². The lowest BCUT2D eigenvalue weighted by Gasteiger charge is -2.35. The number of carbonyl (C=O) groups excluding carboxylic acids is 1. The summed E-state index contributed by atoms with van der Waals surface area (Å²) < 4.78 is 0. The van der Waals surface area contributed by atoms with Gasteiger partial charge in [0.25, 0.3) is 0 Å². The molecule has 5 heteroatoms. The fraction of sp³-hybridized carbons (Fsp3) is 0.667. The quantitative estimate of drug-likeness (QED) is 0.930. The van der Waals surface area contributed by atoms with Crippen LogP contribution < -0.4 is 5.32 Å². The van der Waals surface area contributed by atoms with Crippen LogP contribution in [0.1, 0.15) is 25.6 Å². The van der Waals surface area contributed by atoms with Gasteiger partial charge in [-0.15, -0.1) is 11.3 Å². The van der Waals surface area contributed by atoms with E-state index in [1.54, 1.807) is 11.3 Å². The van der Waals surface area contributed by atoms with Crippen molar-refractivity contribution in [1.82, 2.24) is 15.1 Å². The molecule has 0 atom stereocenters. The van der Waals surface area contributed by atoms with Crippen LogP contribution in [0.15, 0.2) is 17.5 Å². The zero-order chi connectivity index (χ0) is 14.6. The van der Waals surface area contributed by atoms with Gasteiger partial charge in [-0.2, -0.15) is 0 Å². The molecule has 0 unspecified atom stereocenters. The third-order valence-corrected chi connectivity index (χ3v) is 4.25. The van der Waals surface area contributed by atoms with Crippen molar-refractivity contribution in [2.75, 3.05) is 32.7 Å². The van der Waals surface area contributed by atoms with Gasteiger partial charge in [-0.1, -0.05) is 26.8 Å². The highest BCUT2D eigenvalue weighted by atomic mass is 32.1. The summed E-state index contributed by atoms with van der Waals surface area (Å²) in [7, 11) is 0. The van der Waals surface area contributed by atoms with E-state index < -0.39 is 0 Å². The van der Waals surface area contributed by atoms with Crippen molar-refractivity contribution >= 4 is 17.4 Å². The molecule has 112 valence electrons. The molecule has 0 saturated carbocycles. The van der Waals surface area contributed by atoms with Crippen LogP contribution in [0.2, 0.25) is 0 Å². The van der Waals surface area contributed by atoms with Crippen molar-refractivity contribution in [3.8, 4) is 0 Å². The molecule has 0 bridgehead atoms. The summed E-state index contributed by atoms with van der Waals surface area (Å²) in [4.78, 5) is 17.8. The van der Waals surface area contributed by atoms with Crippen molar-refractivity contribution in [3.63, 3.8) is 0 Å². The standard InChI is InChI=1S/C15H25N3OS/c1-15(2,3)12-16-14(19)18-8-6-17(7-9-18)11-13-5-4-10-20-13/h4-5,10H,6-9,11-12H2,1-3H3,(H,16,19). The summed E-state index contributed by atoms with van der Waals surface area (Å²) in [5.41, 5.74) is 0.136. The van der Waals surface area contributed by atoms with Crippen LogP contribution in [0.25, 0.3) is 0 Å². The van der Waals surface area contributed by atoms with Crippen LogP contribution in [0.4, 0.5) is 4.79 Å². The van der Waals surface area contributed by atoms with Gasteiger partial charge in [0, 0.05) is 44.1 Å². The van der Waals surface area contributed by atoms with E-state index in [2.05, 4.69) is 48.5 Å². The van der Waals surface area contributed by atoms with E-state index in [4.69, 9.17) is 0 Å². The lowest BCUT2D eigenvalue weighted by atomic mass is 9.97. The van der Waals surface area contributed by atoms with Gasteiger partial charge in [-0.3, -0.25) is 4.90 Å². The number of piperazine rings is 1. The van der Waals surface area contributed by atoms with Gasteiger partial charge in [0.1, 0.15) is 0 Å². The van der Waals surface area contributed by atoms with Gasteiger partial charge in [-0.05, 0) is 16.9 Å². The Balaban J connectivity index is 1.72. The Hall–Kier alpha value is -1.07. The fourth-order valence-corrected chi connectivity index (χ4v) is 2.93. The molecule has 1 N–H and O–H groups in total. The molecule has 4 nitrogen and oxygen atoms in total. The topological polar surface area (TPSA) is 35.6 Å². The van der Waals surface area contributed by atoms with Crippen molar-refractivity contribution in [3.05, 3.63) is 22.4 Å². The molecule has 0 radical (unpaired) electrons. The van der Waals surface area contributed by atoms with Gasteiger partial charge in [0.2, 0.25) is 0 Å². The first-order valence-corrected chi connectivity index (χ1v) is 8.09. The van der Waals surface area contributed by atoms with Crippen LogP contribution in [-0.4, -0.2) is 48.6 Å². The molecular weight excluding hydrogens is 270 g/mol. The Morgan fingerprint density at radius 3 is 2.55 bits per heavy atom. The molecule has 1 aromatic heterocycles. The Morgan fingerprint density at radius 1 is 1.30 bits per heavy atom. The second-order valence-electron chi connectivity index (χ2n) is 6.56. The largest absolute Gasteiger partial charge is 0.337 e. The first-order valence-electron chi connectivity index (χ1n) is 7.21. The van der Waals surface area contributed by atoms with Gasteiger partial charge < -0.3 is 10.2 Å². The SMILES string of the molecule is CC(C)(C)CNC(=O)N1CCN(Cc2cccs2)CC1. The Bertz CT molecular complexity index is 417. The number of nitrogens with one attached hydrogen (secondary N) is 1. The molecule has 1 aliphatic heterocycles. The van der Waals surface area contributed by atoms with Crippen LogP contribution in [0.3, 0.4) is 0 Å². The lowest BCUT2D eigenvalue weighted by molar-refractivity contribution is 0.134. The van der Waals surface area contributed by atoms with Gasteiger partial charge in [0.05, 0.1) is 0 Å². The summed E-state index contributed by atoms with van der Waals surface area (Å²) in [6.07, 6.45) is 0. The Morgan fingerprint density at radius 2 is 2.00 bits per heavy atom. The van der Waals surface area contributed by atoms with E-state index in [1.807, 2.05) is 4.90 Å². The number of hydrogen-bond donors (Lipinski definition) is 1. The number of hydrogen-bond acceptors (Lipinski definition) is 3. The summed E-state index contributed by atoms with van der Waals surface area (Å²) in [6.45, 7) is 11.7. The van der Waals surface area contributed by atoms with E-state index in [0.29, 0.717) is 0 Å². The van der Waals surface area contributed by atoms with Gasteiger partial charge >= 0.3 is 6.03 Å². The summed E-state index contributed by atoms with van der Waals surface area (Å²) >= 11 is 1.80. The Labute approximate surface area is 125 Å². The summed E-state index contributed by atoms with van der Waals surface area (Å²) in [6, 6.07) is 4.35. The number of rotatable bonds is 3. The number of amides is 2. The summed E-state index contributed by atoms with van der Waals surface area (Å²) in [5.74, 6) is 0. The highest BCUT2D eigenvalue weighted by Gasteiger charge is 2.22. The third-order valence-electron chi connectivity index (χ3n) is 3.39. The van der Waals surface area contributed by atoms with E-state index in [-0.39, 0.29) is 11.4 Å². The monoisotopic (exact) mass is 295 g/mol. The maximum atomic E-state index is 12.1. The average Bonchev–Trinajstić information content (AvgIpc) is 2.89. The maximum absolute atomic E-state index is 12.1. The normalized spacial score (nSPS) is 17.2. The molecule has 1 aromatic rings. The highest BCUT2D eigenvalue weighted by Crippen LogP contribution is 2.14. The highest BCUT2D eigenvalue weighted by molar-refractivity contribution is 7.09. The fourth-order valence-electron chi connectivity index (χ4n) is 2.18. The predicted molar refractivity (Wildman–Crippen MR) is 84.0 cm³/mol. The van der Waals surface area contributed by atoms with Crippen molar-refractivity contribution in [2.45, 2.75) is 27.3 Å². The molecule has 2 amide bonds. The number of nitrogens with zero attached hydrogens (tertiary/aromatic N) is 2. The Kier molecular flexibility index (Phi) is 5.05. The van der Waals surface area contributed by atoms with Crippen LogP contribution >= 0.6 is 11.3 Å². The second-order valence-corrected chi connectivity index (χ2v) is 7.59. The molecule has 2 rings (SSSR count). The lowest BCUT2D eigenvalue weighted by Crippen LogP contribution is -2.52. The molecular formula is C15H25N3OS. The van der Waals surface area contributed by atoms with Crippen LogP contribution in [0.5, 0.6) is 0 Å². The third kappa shape index (κ3) is 4.80. The van der Waals surface area contributed by atoms with Crippen LogP contribution in [0, 0.1) is 5.41 Å². The molecule has 1 fully saturated rings. The van der Waals surface area contributed by atoms with Crippen LogP contribution in [-0.2, 0) is 6.54 Å². The minimum atomic E-state index is 0.0794. The van der Waals surface area contributed by atoms with E-state index >= 15 is 0 Å². The number of thiophene rings is 1. The number of urea groups is 1. The van der Waals surface area contributed by atoms with Gasteiger partial charge in [0.15, 0.2) is 0 Å². The second kappa shape index (κ2) is 6.59. The van der Waals surface area contributed by atoms with Crippen molar-refractivity contribution < 1.29 is 4.79 Å². The van der Waals surface area contributed by atoms with Crippen molar-refractivity contribution in [1.29, 1.82) is 0 Å². The molecule has 0 aromatic carbocycles. The molecule has 0 spiro atoms. The number of carbonyl (C=O) groups is 1. The molecule has 20 heavy (non-hydrogen) atoms. The van der Waals surface area contributed by atoms with E-state index in [1.165, 1.54) is 4.88 Å². The first kappa shape index (κ1) is 15.3. The minimum Gasteiger partial charge on any atom is -0.337 e. The molecule has 1 aliphatic rings. The van der Waals surface area contributed by atoms with Crippen molar-refractivity contribution in [2.24, 2.45) is 5.41 Å². The summed E-state index contributed by atoms with van der Waals surface area (Å²) in [5, 5.41) is 5.14. The maximum Gasteiger partial charge on any atom is 0.317 e. The smallest absolute Gasteiger partial charge is 0.317 e. The average molecular weight is 295 g/mol. The first-order chi connectivity index (χ1) is 9.44. The zero-order valence-corrected chi connectivity index (χ0v) is 13.5. The van der Waals surface area contributed by atoms with E-state index in [9.17, 15) is 4.79 Å². The molecule has 0 aliphatic carbocycles. The minimum absolute atomic E-state index is 0.0794. The predicted octanol–water partition coefficient (Wildman–Crippen LogP) is 2.62. The molecule has 1 saturated heterocycles. The van der Waals surface area contributed by atoms with E-state index in [0.717, 1.165) is 39.3 Å². The zero-order valence-electron chi connectivity index (χ0n) is 12.7.